The predicted octanol–water partition coefficient (Wildman–Crippen LogP) is 3.84. The molecule has 4 nitrogen and oxygen atoms in total. The molecule has 2 N–H and O–H groups in total. The van der Waals surface area contributed by atoms with E-state index in [4.69, 9.17) is 28.5 Å². The van der Waals surface area contributed by atoms with Crippen LogP contribution in [0.4, 0.5) is 5.69 Å². The zero-order valence-electron chi connectivity index (χ0n) is 10.00. The van der Waals surface area contributed by atoms with E-state index < -0.39 is 17.2 Å². The van der Waals surface area contributed by atoms with Gasteiger partial charge in [0.1, 0.15) is 11.8 Å². The predicted molar refractivity (Wildman–Crippen MR) is 75.2 cm³/mol. The van der Waals surface area contributed by atoms with Crippen LogP contribution in [0.3, 0.4) is 0 Å². The van der Waals surface area contributed by atoms with Gasteiger partial charge in [-0.2, -0.15) is 5.26 Å². The first-order valence-electron chi connectivity index (χ1n) is 5.12. The average molecular weight is 297 g/mol. The van der Waals surface area contributed by atoms with Gasteiger partial charge in [0.15, 0.2) is 5.57 Å². The molecular weight excluding hydrogens is 287 g/mol. The second-order valence-corrected chi connectivity index (χ2v) is 4.51. The van der Waals surface area contributed by atoms with Gasteiger partial charge in [0, 0.05) is 5.69 Å². The highest BCUT2D eigenvalue weighted by Gasteiger charge is 2.16. The van der Waals surface area contributed by atoms with E-state index in [1.165, 1.54) is 25.1 Å². The summed E-state index contributed by atoms with van der Waals surface area (Å²) in [5.41, 5.74) is 0.168. The molecule has 1 rings (SSSR count). The number of benzene rings is 1. The zero-order valence-corrected chi connectivity index (χ0v) is 11.5. The largest absolute Gasteiger partial charge is 0.506 e. The van der Waals surface area contributed by atoms with Crippen LogP contribution in [0.25, 0.3) is 0 Å². The van der Waals surface area contributed by atoms with E-state index in [9.17, 15) is 9.90 Å². The lowest BCUT2D eigenvalue weighted by Crippen LogP contribution is -2.15. The quantitative estimate of drug-likeness (QED) is 0.385. The maximum absolute atomic E-state index is 11.8. The van der Waals surface area contributed by atoms with Gasteiger partial charge in [0.05, 0.1) is 10.0 Å². The van der Waals surface area contributed by atoms with Crippen LogP contribution in [-0.4, -0.2) is 11.0 Å². The summed E-state index contributed by atoms with van der Waals surface area (Å²) >= 11 is 11.5. The number of halogens is 2. The molecule has 0 atom stereocenters. The first kappa shape index (κ1) is 15.1. The van der Waals surface area contributed by atoms with E-state index in [-0.39, 0.29) is 10.6 Å². The van der Waals surface area contributed by atoms with E-state index in [0.717, 1.165) is 0 Å². The normalized spacial score (nSPS) is 11.3. The Hall–Kier alpha value is -1.96. The topological polar surface area (TPSA) is 73.1 Å². The summed E-state index contributed by atoms with van der Waals surface area (Å²) in [5, 5.41) is 21.5. The fourth-order valence-corrected chi connectivity index (χ4v) is 1.49. The van der Waals surface area contributed by atoms with Crippen molar-refractivity contribution in [1.29, 1.82) is 5.26 Å². The first-order valence-corrected chi connectivity index (χ1v) is 5.88. The van der Waals surface area contributed by atoms with Gasteiger partial charge >= 0.3 is 0 Å². The number of nitriles is 1. The van der Waals surface area contributed by atoms with Crippen LogP contribution in [0.2, 0.25) is 10.0 Å². The molecule has 0 saturated heterocycles. The molecule has 0 heterocycles. The molecule has 0 aliphatic heterocycles. The number of nitrogens with zero attached hydrogens (tertiary/aromatic N) is 1. The Morgan fingerprint density at radius 1 is 1.42 bits per heavy atom. The summed E-state index contributed by atoms with van der Waals surface area (Å²) in [6, 6.07) is 6.10. The maximum atomic E-state index is 11.8. The number of allylic oxidation sites excluding steroid dienone is 1. The van der Waals surface area contributed by atoms with Gasteiger partial charge in [0.2, 0.25) is 0 Å². The van der Waals surface area contributed by atoms with Crippen molar-refractivity contribution >= 4 is 34.8 Å². The highest BCUT2D eigenvalue weighted by atomic mass is 35.5. The van der Waals surface area contributed by atoms with Crippen molar-refractivity contribution in [2.75, 3.05) is 5.32 Å². The van der Waals surface area contributed by atoms with Gasteiger partial charge in [-0.3, -0.25) is 4.79 Å². The van der Waals surface area contributed by atoms with E-state index in [1.54, 1.807) is 6.07 Å². The Morgan fingerprint density at radius 2 is 2.05 bits per heavy atom. The second kappa shape index (κ2) is 6.28. The summed E-state index contributed by atoms with van der Waals surface area (Å²) in [6.07, 6.45) is 0. The van der Waals surface area contributed by atoms with Gasteiger partial charge in [0.25, 0.3) is 5.91 Å². The van der Waals surface area contributed by atoms with Crippen LogP contribution >= 0.6 is 23.2 Å². The molecule has 1 aromatic rings. The van der Waals surface area contributed by atoms with Crippen LogP contribution in [0.1, 0.15) is 6.92 Å². The SMILES string of the molecule is C=C(C)C(O)=C(C#N)C(=O)Nc1ccc(Cl)c(Cl)c1. The van der Waals surface area contributed by atoms with Gasteiger partial charge in [-0.25, -0.2) is 0 Å². The number of hydrogen-bond donors (Lipinski definition) is 2. The number of aliphatic hydroxyl groups excluding tert-OH is 1. The summed E-state index contributed by atoms with van der Waals surface area (Å²) in [5.74, 6) is -1.19. The number of carbonyl (C=O) groups is 1. The Bertz CT molecular complexity index is 616. The lowest BCUT2D eigenvalue weighted by Gasteiger charge is -2.07. The number of amides is 1. The van der Waals surface area contributed by atoms with Crippen molar-refractivity contribution in [2.45, 2.75) is 6.92 Å². The zero-order chi connectivity index (χ0) is 14.6. The van der Waals surface area contributed by atoms with Gasteiger partial charge in [-0.1, -0.05) is 29.8 Å². The summed E-state index contributed by atoms with van der Waals surface area (Å²) in [6.45, 7) is 4.95. The van der Waals surface area contributed by atoms with Crippen molar-refractivity contribution in [3.63, 3.8) is 0 Å². The minimum absolute atomic E-state index is 0.223. The minimum Gasteiger partial charge on any atom is -0.506 e. The third kappa shape index (κ3) is 3.75. The van der Waals surface area contributed by atoms with Gasteiger partial charge in [-0.15, -0.1) is 0 Å². The van der Waals surface area contributed by atoms with Crippen molar-refractivity contribution in [3.8, 4) is 6.07 Å². The number of aliphatic hydroxyl groups is 1. The third-order valence-corrected chi connectivity index (χ3v) is 2.90. The van der Waals surface area contributed by atoms with Crippen LogP contribution < -0.4 is 5.32 Å². The molecule has 1 amide bonds. The number of hydrogen-bond acceptors (Lipinski definition) is 3. The van der Waals surface area contributed by atoms with Crippen LogP contribution in [-0.2, 0) is 4.79 Å². The molecular formula is C13H10Cl2N2O2. The number of anilines is 1. The Balaban J connectivity index is 3.02. The fourth-order valence-electron chi connectivity index (χ4n) is 1.19. The highest BCUT2D eigenvalue weighted by molar-refractivity contribution is 6.42. The van der Waals surface area contributed by atoms with Crippen molar-refractivity contribution < 1.29 is 9.90 Å². The summed E-state index contributed by atoms with van der Waals surface area (Å²) in [7, 11) is 0. The number of rotatable bonds is 3. The van der Waals surface area contributed by atoms with Gasteiger partial charge < -0.3 is 10.4 Å². The molecule has 98 valence electrons. The van der Waals surface area contributed by atoms with Crippen molar-refractivity contribution in [1.82, 2.24) is 0 Å². The fraction of sp³-hybridized carbons (Fsp3) is 0.0769. The highest BCUT2D eigenvalue weighted by Crippen LogP contribution is 2.25. The van der Waals surface area contributed by atoms with Crippen molar-refractivity contribution in [2.24, 2.45) is 0 Å². The van der Waals surface area contributed by atoms with Crippen LogP contribution in [0.15, 0.2) is 41.7 Å². The van der Waals surface area contributed by atoms with Gasteiger partial charge in [-0.05, 0) is 30.7 Å². The second-order valence-electron chi connectivity index (χ2n) is 3.70. The molecule has 1 aromatic carbocycles. The molecule has 0 radical (unpaired) electrons. The number of nitrogens with one attached hydrogen (secondary N) is 1. The maximum Gasteiger partial charge on any atom is 0.270 e. The molecule has 0 aromatic heterocycles. The van der Waals surface area contributed by atoms with Crippen molar-refractivity contribution in [3.05, 3.63) is 51.7 Å². The van der Waals surface area contributed by atoms with Crippen LogP contribution in [0, 0.1) is 11.3 Å². The van der Waals surface area contributed by atoms with E-state index in [2.05, 4.69) is 11.9 Å². The third-order valence-electron chi connectivity index (χ3n) is 2.16. The molecule has 0 aliphatic rings. The smallest absolute Gasteiger partial charge is 0.270 e. The monoisotopic (exact) mass is 296 g/mol. The first-order chi connectivity index (χ1) is 8.86. The molecule has 0 fully saturated rings. The van der Waals surface area contributed by atoms with Crippen LogP contribution in [0.5, 0.6) is 0 Å². The molecule has 0 unspecified atom stereocenters. The number of carbonyl (C=O) groups excluding carboxylic acids is 1. The molecule has 6 heteroatoms. The molecule has 0 saturated carbocycles. The Kier molecular flexibility index (Phi) is 4.99. The minimum atomic E-state index is -0.749. The lowest BCUT2D eigenvalue weighted by atomic mass is 10.1. The van der Waals surface area contributed by atoms with E-state index >= 15 is 0 Å². The molecule has 0 spiro atoms. The standard InChI is InChI=1S/C13H10Cl2N2O2/c1-7(2)12(18)9(6-16)13(19)17-8-3-4-10(14)11(15)5-8/h3-5,18H,1H2,2H3,(H,17,19). The summed E-state index contributed by atoms with van der Waals surface area (Å²) in [4.78, 5) is 11.8. The lowest BCUT2D eigenvalue weighted by molar-refractivity contribution is -0.112. The molecule has 19 heavy (non-hydrogen) atoms. The summed E-state index contributed by atoms with van der Waals surface area (Å²) < 4.78 is 0. The Morgan fingerprint density at radius 3 is 2.53 bits per heavy atom. The Labute approximate surface area is 120 Å². The molecule has 0 aliphatic carbocycles. The average Bonchev–Trinajstić information content (AvgIpc) is 2.34. The van der Waals surface area contributed by atoms with E-state index in [0.29, 0.717) is 10.7 Å². The molecule has 0 bridgehead atoms. The van der Waals surface area contributed by atoms with E-state index in [1.807, 2.05) is 0 Å².